The number of halogens is 1. The van der Waals surface area contributed by atoms with E-state index < -0.39 is 5.91 Å². The van der Waals surface area contributed by atoms with Gasteiger partial charge in [0.05, 0.1) is 11.3 Å². The Morgan fingerprint density at radius 2 is 2.06 bits per heavy atom. The molecule has 0 radical (unpaired) electrons. The van der Waals surface area contributed by atoms with Crippen molar-refractivity contribution in [2.24, 2.45) is 5.73 Å². The van der Waals surface area contributed by atoms with Crippen LogP contribution >= 0.6 is 23.1 Å². The lowest BCUT2D eigenvalue weighted by molar-refractivity contribution is 0.100. The first kappa shape index (κ1) is 12.5. The van der Waals surface area contributed by atoms with Crippen molar-refractivity contribution in [3.63, 3.8) is 0 Å². The van der Waals surface area contributed by atoms with E-state index in [1.807, 2.05) is 0 Å². The molecule has 1 aromatic heterocycles. The molecule has 0 aliphatic heterocycles. The van der Waals surface area contributed by atoms with Gasteiger partial charge in [0.15, 0.2) is 0 Å². The number of carbonyl (C=O) groups is 2. The van der Waals surface area contributed by atoms with Crippen molar-refractivity contribution in [1.29, 1.82) is 0 Å². The van der Waals surface area contributed by atoms with E-state index >= 15 is 0 Å². The lowest BCUT2D eigenvalue weighted by Crippen LogP contribution is -2.17. The number of primary amides is 1. The molecule has 2 rings (SSSR count). The Morgan fingerprint density at radius 1 is 1.33 bits per heavy atom. The zero-order valence-electron chi connectivity index (χ0n) is 9.01. The third-order valence-electron chi connectivity index (χ3n) is 2.15. The number of nitrogens with zero attached hydrogens (tertiary/aromatic N) is 1. The van der Waals surface area contributed by atoms with Crippen LogP contribution in [0, 0.1) is 0 Å². The molecule has 92 valence electrons. The molecule has 3 N–H and O–H groups in total. The fraction of sp³-hybridized carbons (Fsp3) is 0. The molecule has 1 heterocycles. The van der Waals surface area contributed by atoms with Gasteiger partial charge in [0.25, 0.3) is 11.8 Å². The van der Waals surface area contributed by atoms with Gasteiger partial charge in [0.2, 0.25) is 0 Å². The van der Waals surface area contributed by atoms with Crippen molar-refractivity contribution in [2.45, 2.75) is 0 Å². The number of amides is 2. The molecule has 18 heavy (non-hydrogen) atoms. The van der Waals surface area contributed by atoms with E-state index in [1.165, 1.54) is 12.1 Å². The molecule has 0 bridgehead atoms. The number of benzene rings is 1. The Bertz CT molecular complexity index is 612. The molecule has 0 fully saturated rings. The molecule has 7 heteroatoms. The van der Waals surface area contributed by atoms with Crippen molar-refractivity contribution in [3.8, 4) is 0 Å². The SMILES string of the molecule is NC(=O)c1ccccc1NC(=O)c1cc(Cl)ns1. The second-order valence-corrected chi connectivity index (χ2v) is 4.57. The number of anilines is 1. The second kappa shape index (κ2) is 5.16. The Balaban J connectivity index is 2.24. The van der Waals surface area contributed by atoms with Gasteiger partial charge in [-0.3, -0.25) is 9.59 Å². The third-order valence-corrected chi connectivity index (χ3v) is 3.23. The Kier molecular flexibility index (Phi) is 3.59. The quantitative estimate of drug-likeness (QED) is 0.904. The summed E-state index contributed by atoms with van der Waals surface area (Å²) in [6.07, 6.45) is 0. The molecule has 0 aliphatic carbocycles. The summed E-state index contributed by atoms with van der Waals surface area (Å²) in [5.74, 6) is -0.985. The van der Waals surface area contributed by atoms with Crippen molar-refractivity contribution in [2.75, 3.05) is 5.32 Å². The summed E-state index contributed by atoms with van der Waals surface area (Å²) in [6.45, 7) is 0. The predicted molar refractivity (Wildman–Crippen MR) is 70.0 cm³/mol. The van der Waals surface area contributed by atoms with Gasteiger partial charge in [-0.15, -0.1) is 0 Å². The standard InChI is InChI=1S/C11H8ClN3O2S/c12-9-5-8(18-15-9)11(17)14-7-4-2-1-3-6(7)10(13)16/h1-5H,(H2,13,16)(H,14,17). The van der Waals surface area contributed by atoms with Crippen molar-refractivity contribution in [1.82, 2.24) is 4.37 Å². The number of aromatic nitrogens is 1. The van der Waals surface area contributed by atoms with Crippen LogP contribution in [0.2, 0.25) is 5.15 Å². The maximum absolute atomic E-state index is 11.9. The lowest BCUT2D eigenvalue weighted by atomic mass is 10.1. The molecule has 0 unspecified atom stereocenters. The summed E-state index contributed by atoms with van der Waals surface area (Å²) in [4.78, 5) is 23.4. The number of para-hydroxylation sites is 1. The Morgan fingerprint density at radius 3 is 2.67 bits per heavy atom. The molecular weight excluding hydrogens is 274 g/mol. The van der Waals surface area contributed by atoms with Crippen LogP contribution in [0.15, 0.2) is 30.3 Å². The Labute approximate surface area is 112 Å². The molecule has 0 aliphatic rings. The van der Waals surface area contributed by atoms with E-state index in [9.17, 15) is 9.59 Å². The largest absolute Gasteiger partial charge is 0.366 e. The summed E-state index contributed by atoms with van der Waals surface area (Å²) >= 11 is 6.62. The van der Waals surface area contributed by atoms with Crippen LogP contribution in [-0.4, -0.2) is 16.2 Å². The molecule has 5 nitrogen and oxygen atoms in total. The highest BCUT2D eigenvalue weighted by Crippen LogP contribution is 2.19. The summed E-state index contributed by atoms with van der Waals surface area (Å²) in [5, 5.41) is 2.85. The van der Waals surface area contributed by atoms with E-state index in [4.69, 9.17) is 17.3 Å². The van der Waals surface area contributed by atoms with Gasteiger partial charge in [0.1, 0.15) is 10.0 Å². The molecule has 2 aromatic rings. The van der Waals surface area contributed by atoms with Crippen LogP contribution in [0.3, 0.4) is 0 Å². The van der Waals surface area contributed by atoms with Crippen molar-refractivity contribution < 1.29 is 9.59 Å². The fourth-order valence-electron chi connectivity index (χ4n) is 1.35. The topological polar surface area (TPSA) is 85.1 Å². The van der Waals surface area contributed by atoms with Gasteiger partial charge in [-0.1, -0.05) is 23.7 Å². The molecule has 0 saturated carbocycles. The van der Waals surface area contributed by atoms with Crippen molar-refractivity contribution >= 4 is 40.6 Å². The van der Waals surface area contributed by atoms with E-state index in [0.29, 0.717) is 10.6 Å². The fourth-order valence-corrected chi connectivity index (χ4v) is 2.17. The molecule has 2 amide bonds. The predicted octanol–water partition coefficient (Wildman–Crippen LogP) is 2.15. The average molecular weight is 282 g/mol. The number of hydrogen-bond donors (Lipinski definition) is 2. The zero-order chi connectivity index (χ0) is 13.1. The molecule has 0 atom stereocenters. The number of rotatable bonds is 3. The van der Waals surface area contributed by atoms with E-state index in [-0.39, 0.29) is 16.6 Å². The number of carbonyl (C=O) groups excluding carboxylic acids is 2. The number of hydrogen-bond acceptors (Lipinski definition) is 4. The zero-order valence-corrected chi connectivity index (χ0v) is 10.6. The normalized spacial score (nSPS) is 10.1. The van der Waals surface area contributed by atoms with E-state index in [1.54, 1.807) is 18.2 Å². The highest BCUT2D eigenvalue weighted by Gasteiger charge is 2.13. The third kappa shape index (κ3) is 2.66. The van der Waals surface area contributed by atoms with Gasteiger partial charge in [-0.2, -0.15) is 4.37 Å². The van der Waals surface area contributed by atoms with Crippen molar-refractivity contribution in [3.05, 3.63) is 45.9 Å². The van der Waals surface area contributed by atoms with Crippen LogP contribution in [0.25, 0.3) is 0 Å². The molecule has 0 spiro atoms. The lowest BCUT2D eigenvalue weighted by Gasteiger charge is -2.07. The smallest absolute Gasteiger partial charge is 0.267 e. The molecular formula is C11H8ClN3O2S. The van der Waals surface area contributed by atoms with Crippen LogP contribution in [0.5, 0.6) is 0 Å². The highest BCUT2D eigenvalue weighted by atomic mass is 35.5. The van der Waals surface area contributed by atoms with Crippen LogP contribution < -0.4 is 11.1 Å². The minimum Gasteiger partial charge on any atom is -0.366 e. The highest BCUT2D eigenvalue weighted by molar-refractivity contribution is 7.08. The van der Waals surface area contributed by atoms with Gasteiger partial charge in [0, 0.05) is 6.07 Å². The number of nitrogens with one attached hydrogen (secondary N) is 1. The van der Waals surface area contributed by atoms with Gasteiger partial charge < -0.3 is 11.1 Å². The minimum absolute atomic E-state index is 0.251. The second-order valence-electron chi connectivity index (χ2n) is 3.38. The first-order valence-electron chi connectivity index (χ1n) is 4.90. The first-order valence-corrected chi connectivity index (χ1v) is 6.05. The summed E-state index contributed by atoms with van der Waals surface area (Å²) in [6, 6.07) is 7.95. The Hall–Kier alpha value is -1.92. The number of nitrogens with two attached hydrogens (primary N) is 1. The van der Waals surface area contributed by atoms with Gasteiger partial charge in [-0.25, -0.2) is 0 Å². The maximum atomic E-state index is 11.9. The molecule has 0 saturated heterocycles. The molecule has 1 aromatic carbocycles. The van der Waals surface area contributed by atoms with Gasteiger partial charge >= 0.3 is 0 Å². The minimum atomic E-state index is -0.603. The monoisotopic (exact) mass is 281 g/mol. The van der Waals surface area contributed by atoms with Crippen LogP contribution in [-0.2, 0) is 0 Å². The summed E-state index contributed by atoms with van der Waals surface area (Å²) in [7, 11) is 0. The van der Waals surface area contributed by atoms with Crippen LogP contribution in [0.4, 0.5) is 5.69 Å². The van der Waals surface area contributed by atoms with Crippen LogP contribution in [0.1, 0.15) is 20.0 Å². The summed E-state index contributed by atoms with van der Waals surface area (Å²) in [5.41, 5.74) is 5.82. The summed E-state index contributed by atoms with van der Waals surface area (Å²) < 4.78 is 3.79. The first-order chi connectivity index (χ1) is 8.58. The van der Waals surface area contributed by atoms with Gasteiger partial charge in [-0.05, 0) is 23.7 Å². The van der Waals surface area contributed by atoms with E-state index in [2.05, 4.69) is 9.69 Å². The maximum Gasteiger partial charge on any atom is 0.267 e. The average Bonchev–Trinajstić information content (AvgIpc) is 2.76. The van der Waals surface area contributed by atoms with E-state index in [0.717, 1.165) is 11.5 Å².